The molecule has 2 aromatic rings. The van der Waals surface area contributed by atoms with E-state index in [1.165, 1.54) is 26.4 Å². The highest BCUT2D eigenvalue weighted by Crippen LogP contribution is 2.29. The Morgan fingerprint density at radius 2 is 1.74 bits per heavy atom. The van der Waals surface area contributed by atoms with E-state index in [1.54, 1.807) is 6.07 Å². The molecule has 0 radical (unpaired) electrons. The predicted octanol–water partition coefficient (Wildman–Crippen LogP) is 3.11. The van der Waals surface area contributed by atoms with E-state index in [0.29, 0.717) is 22.5 Å². The van der Waals surface area contributed by atoms with Crippen molar-refractivity contribution in [2.24, 2.45) is 0 Å². The van der Waals surface area contributed by atoms with Crippen molar-refractivity contribution in [3.05, 3.63) is 47.8 Å². The van der Waals surface area contributed by atoms with Crippen LogP contribution in [-0.2, 0) is 9.59 Å². The van der Waals surface area contributed by atoms with Crippen LogP contribution in [0, 0.1) is 17.5 Å². The number of amides is 2. The second-order valence-corrected chi connectivity index (χ2v) is 5.41. The van der Waals surface area contributed by atoms with Crippen LogP contribution >= 0.6 is 0 Å². The highest BCUT2D eigenvalue weighted by atomic mass is 19.2. The molecule has 0 bridgehead atoms. The summed E-state index contributed by atoms with van der Waals surface area (Å²) in [5.74, 6) is -5.30. The average Bonchev–Trinajstić information content (AvgIpc) is 2.65. The van der Waals surface area contributed by atoms with E-state index in [9.17, 15) is 22.8 Å². The molecular formula is C18H17F3N2O4. The van der Waals surface area contributed by atoms with Gasteiger partial charge in [0.1, 0.15) is 18.0 Å². The van der Waals surface area contributed by atoms with Gasteiger partial charge in [0.2, 0.25) is 11.8 Å². The fraction of sp³-hybridized carbons (Fsp3) is 0.222. The number of hydrogen-bond acceptors (Lipinski definition) is 4. The van der Waals surface area contributed by atoms with E-state index in [2.05, 4.69) is 5.32 Å². The van der Waals surface area contributed by atoms with Crippen molar-refractivity contribution >= 4 is 23.2 Å². The van der Waals surface area contributed by atoms with Crippen molar-refractivity contribution in [2.45, 2.75) is 6.92 Å². The molecule has 0 aromatic heterocycles. The molecule has 6 nitrogen and oxygen atoms in total. The summed E-state index contributed by atoms with van der Waals surface area (Å²) in [4.78, 5) is 24.8. The van der Waals surface area contributed by atoms with E-state index < -0.39 is 41.5 Å². The first-order valence-electron chi connectivity index (χ1n) is 7.72. The number of carbonyl (C=O) groups is 2. The van der Waals surface area contributed by atoms with Crippen molar-refractivity contribution in [1.29, 1.82) is 0 Å². The zero-order valence-corrected chi connectivity index (χ0v) is 14.8. The Kier molecular flexibility index (Phi) is 6.27. The molecule has 0 heterocycles. The number of benzene rings is 2. The van der Waals surface area contributed by atoms with Gasteiger partial charge in [-0.3, -0.25) is 9.59 Å². The molecule has 2 rings (SSSR count). The number of carbonyl (C=O) groups excluding carboxylic acids is 2. The van der Waals surface area contributed by atoms with Gasteiger partial charge in [-0.15, -0.1) is 0 Å². The van der Waals surface area contributed by atoms with Crippen LogP contribution in [0.2, 0.25) is 0 Å². The summed E-state index contributed by atoms with van der Waals surface area (Å²) in [5, 5.41) is 2.51. The smallest absolute Gasteiger partial charge is 0.244 e. The van der Waals surface area contributed by atoms with E-state index in [-0.39, 0.29) is 5.69 Å². The van der Waals surface area contributed by atoms with Gasteiger partial charge in [-0.05, 0) is 24.3 Å². The lowest BCUT2D eigenvalue weighted by Crippen LogP contribution is -2.37. The molecule has 1 N–H and O–H groups in total. The zero-order chi connectivity index (χ0) is 20.1. The molecule has 0 saturated carbocycles. The van der Waals surface area contributed by atoms with Crippen molar-refractivity contribution in [1.82, 2.24) is 0 Å². The first kappa shape index (κ1) is 20.1. The third-order valence-corrected chi connectivity index (χ3v) is 3.67. The summed E-state index contributed by atoms with van der Waals surface area (Å²) in [6.07, 6.45) is 0. The normalized spacial score (nSPS) is 10.3. The Hall–Kier alpha value is -3.23. The Morgan fingerprint density at radius 1 is 1.04 bits per heavy atom. The SMILES string of the molecule is COc1ccc(NC(=O)CN(C(C)=O)c2ccc(F)c(F)c2F)c(OC)c1. The lowest BCUT2D eigenvalue weighted by Gasteiger charge is -2.22. The summed E-state index contributed by atoms with van der Waals surface area (Å²) in [6, 6.07) is 6.19. The molecule has 0 unspecified atom stereocenters. The molecule has 0 aliphatic heterocycles. The van der Waals surface area contributed by atoms with Crippen LogP contribution < -0.4 is 19.7 Å². The molecule has 0 spiro atoms. The van der Waals surface area contributed by atoms with Crippen molar-refractivity contribution in [3.63, 3.8) is 0 Å². The molecular weight excluding hydrogens is 365 g/mol. The molecule has 2 amide bonds. The minimum atomic E-state index is -1.73. The first-order valence-corrected chi connectivity index (χ1v) is 7.72. The quantitative estimate of drug-likeness (QED) is 0.780. The summed E-state index contributed by atoms with van der Waals surface area (Å²) >= 11 is 0. The van der Waals surface area contributed by atoms with Gasteiger partial charge < -0.3 is 19.7 Å². The minimum absolute atomic E-state index is 0.289. The van der Waals surface area contributed by atoms with Crippen LogP contribution in [0.1, 0.15) is 6.92 Å². The summed E-state index contributed by atoms with van der Waals surface area (Å²) in [6.45, 7) is 0.453. The Morgan fingerprint density at radius 3 is 2.33 bits per heavy atom. The fourth-order valence-corrected chi connectivity index (χ4v) is 2.33. The van der Waals surface area contributed by atoms with Gasteiger partial charge in [-0.1, -0.05) is 0 Å². The predicted molar refractivity (Wildman–Crippen MR) is 92.5 cm³/mol. The number of methoxy groups -OCH3 is 2. The number of nitrogens with one attached hydrogen (secondary N) is 1. The van der Waals surface area contributed by atoms with Crippen molar-refractivity contribution in [3.8, 4) is 11.5 Å². The Labute approximate surface area is 153 Å². The summed E-state index contributed by atoms with van der Waals surface area (Å²) in [7, 11) is 2.86. The highest BCUT2D eigenvalue weighted by Gasteiger charge is 2.23. The van der Waals surface area contributed by atoms with Crippen LogP contribution in [0.5, 0.6) is 11.5 Å². The topological polar surface area (TPSA) is 67.9 Å². The number of hydrogen-bond donors (Lipinski definition) is 1. The van der Waals surface area contributed by atoms with Gasteiger partial charge in [0.15, 0.2) is 17.5 Å². The van der Waals surface area contributed by atoms with Gasteiger partial charge in [-0.25, -0.2) is 13.2 Å². The lowest BCUT2D eigenvalue weighted by atomic mass is 10.2. The van der Waals surface area contributed by atoms with Gasteiger partial charge in [-0.2, -0.15) is 0 Å². The maximum atomic E-state index is 14.0. The van der Waals surface area contributed by atoms with Crippen LogP contribution in [0.25, 0.3) is 0 Å². The van der Waals surface area contributed by atoms with Crippen LogP contribution in [-0.4, -0.2) is 32.6 Å². The number of halogens is 3. The Bertz CT molecular complexity index is 874. The molecule has 9 heteroatoms. The summed E-state index contributed by atoms with van der Waals surface area (Å²) in [5.41, 5.74) is -0.254. The molecule has 2 aromatic carbocycles. The number of nitrogens with zero attached hydrogens (tertiary/aromatic N) is 1. The molecule has 0 atom stereocenters. The van der Waals surface area contributed by atoms with Crippen molar-refractivity contribution < 1.29 is 32.2 Å². The van der Waals surface area contributed by atoms with Crippen LogP contribution in [0.4, 0.5) is 24.5 Å². The molecule has 0 aliphatic rings. The Balaban J connectivity index is 2.24. The fourth-order valence-electron chi connectivity index (χ4n) is 2.33. The molecule has 144 valence electrons. The third-order valence-electron chi connectivity index (χ3n) is 3.67. The first-order chi connectivity index (χ1) is 12.8. The monoisotopic (exact) mass is 382 g/mol. The van der Waals surface area contributed by atoms with Gasteiger partial charge in [0.05, 0.1) is 25.6 Å². The van der Waals surface area contributed by atoms with Crippen molar-refractivity contribution in [2.75, 3.05) is 31.0 Å². The highest BCUT2D eigenvalue weighted by molar-refractivity contribution is 6.02. The second kappa shape index (κ2) is 8.43. The molecule has 0 saturated heterocycles. The van der Waals surface area contributed by atoms with Gasteiger partial charge in [0.25, 0.3) is 0 Å². The van der Waals surface area contributed by atoms with E-state index >= 15 is 0 Å². The van der Waals surface area contributed by atoms with Crippen LogP contribution in [0.3, 0.4) is 0 Å². The number of anilines is 2. The molecule has 0 aliphatic carbocycles. The molecule has 0 fully saturated rings. The van der Waals surface area contributed by atoms with E-state index in [1.807, 2.05) is 0 Å². The van der Waals surface area contributed by atoms with Gasteiger partial charge >= 0.3 is 0 Å². The number of ether oxygens (including phenoxy) is 2. The standard InChI is InChI=1S/C18H17F3N2O4/c1-10(24)23(14-7-5-12(19)17(20)18(14)21)9-16(25)22-13-6-4-11(26-2)8-15(13)27-3/h4-8H,9H2,1-3H3,(H,22,25). The minimum Gasteiger partial charge on any atom is -0.497 e. The third kappa shape index (κ3) is 4.49. The molecule has 27 heavy (non-hydrogen) atoms. The van der Waals surface area contributed by atoms with Crippen LogP contribution in [0.15, 0.2) is 30.3 Å². The largest absolute Gasteiger partial charge is 0.497 e. The van der Waals surface area contributed by atoms with E-state index in [0.717, 1.165) is 13.0 Å². The maximum Gasteiger partial charge on any atom is 0.244 e. The van der Waals surface area contributed by atoms with E-state index in [4.69, 9.17) is 9.47 Å². The maximum absolute atomic E-state index is 14.0. The average molecular weight is 382 g/mol. The second-order valence-electron chi connectivity index (χ2n) is 5.41. The zero-order valence-electron chi connectivity index (χ0n) is 14.8. The summed E-state index contributed by atoms with van der Waals surface area (Å²) < 4.78 is 50.7. The number of rotatable bonds is 6. The van der Waals surface area contributed by atoms with Gasteiger partial charge in [0, 0.05) is 13.0 Å². The lowest BCUT2D eigenvalue weighted by molar-refractivity contribution is -0.120.